The van der Waals surface area contributed by atoms with Gasteiger partial charge in [-0.2, -0.15) is 5.10 Å². The van der Waals surface area contributed by atoms with Gasteiger partial charge in [0.2, 0.25) is 5.91 Å². The van der Waals surface area contributed by atoms with Crippen molar-refractivity contribution in [1.82, 2.24) is 14.8 Å². The van der Waals surface area contributed by atoms with Crippen LogP contribution in [0.25, 0.3) is 11.3 Å². The van der Waals surface area contributed by atoms with E-state index in [0.29, 0.717) is 5.82 Å². The summed E-state index contributed by atoms with van der Waals surface area (Å²) in [6.45, 7) is 2.04. The normalized spacial score (nSPS) is 18.0. The summed E-state index contributed by atoms with van der Waals surface area (Å²) >= 11 is 0. The average Bonchev–Trinajstić information content (AvgIpc) is 3.29. The number of amides is 1. The summed E-state index contributed by atoms with van der Waals surface area (Å²) in [5.74, 6) is 0.863. The predicted octanol–water partition coefficient (Wildman–Crippen LogP) is -0.0347. The molecule has 1 N–H and O–H groups in total. The zero-order valence-corrected chi connectivity index (χ0v) is 14.8. The van der Waals surface area contributed by atoms with Crippen molar-refractivity contribution >= 4 is 33.1 Å². The molecule has 2 aliphatic rings. The summed E-state index contributed by atoms with van der Waals surface area (Å²) in [4.78, 5) is 19.0. The molecule has 1 amide bonds. The largest absolute Gasteiger partial charge is 0.377 e. The van der Waals surface area contributed by atoms with Gasteiger partial charge in [0.15, 0.2) is 5.82 Å². The summed E-state index contributed by atoms with van der Waals surface area (Å²) < 4.78 is 1.86. The zero-order valence-electron chi connectivity index (χ0n) is 14.8. The Kier molecular flexibility index (Phi) is 3.11. The minimum atomic E-state index is -0.231. The molecule has 0 atom stereocenters. The van der Waals surface area contributed by atoms with Crippen molar-refractivity contribution in [3.63, 3.8) is 0 Å². The van der Waals surface area contributed by atoms with Crippen molar-refractivity contribution in [1.29, 1.82) is 0 Å². The van der Waals surface area contributed by atoms with Crippen molar-refractivity contribution in [3.05, 3.63) is 23.5 Å². The van der Waals surface area contributed by atoms with E-state index in [-0.39, 0.29) is 17.2 Å². The Morgan fingerprint density at radius 3 is 2.75 bits per heavy atom. The number of nitrogens with one attached hydrogen (secondary N) is 1. The van der Waals surface area contributed by atoms with Gasteiger partial charge in [0.05, 0.1) is 11.4 Å². The summed E-state index contributed by atoms with van der Waals surface area (Å²) in [6, 6.07) is 0. The van der Waals surface area contributed by atoms with Crippen LogP contribution in [0, 0.1) is 12.8 Å². The second kappa shape index (κ2) is 4.88. The molecular weight excluding hydrogens is 300 g/mol. The van der Waals surface area contributed by atoms with Gasteiger partial charge in [0.1, 0.15) is 15.7 Å². The smallest absolute Gasteiger partial charge is 0.228 e. The van der Waals surface area contributed by atoms with Crippen LogP contribution in [0.1, 0.15) is 24.0 Å². The molecule has 0 saturated heterocycles. The Morgan fingerprint density at radius 1 is 1.38 bits per heavy atom. The topological polar surface area (TPSA) is 63.1 Å². The lowest BCUT2D eigenvalue weighted by Crippen LogP contribution is -2.48. The molecular formula is C16H21B2N5O. The molecule has 0 radical (unpaired) electrons. The molecule has 8 heteroatoms. The molecule has 2 aromatic heterocycles. The summed E-state index contributed by atoms with van der Waals surface area (Å²) in [5.41, 5.74) is 5.26. The van der Waals surface area contributed by atoms with E-state index < -0.39 is 0 Å². The highest BCUT2D eigenvalue weighted by molar-refractivity contribution is 6.42. The van der Waals surface area contributed by atoms with Crippen LogP contribution in [0.4, 0.5) is 11.5 Å². The fourth-order valence-corrected chi connectivity index (χ4v) is 3.45. The highest BCUT2D eigenvalue weighted by Gasteiger charge is 2.40. The molecule has 6 nitrogen and oxygen atoms in total. The minimum absolute atomic E-state index is 0.0755. The van der Waals surface area contributed by atoms with E-state index >= 15 is 0 Å². The first-order valence-electron chi connectivity index (χ1n) is 8.39. The van der Waals surface area contributed by atoms with Gasteiger partial charge in [-0.3, -0.25) is 9.48 Å². The fraction of sp³-hybridized carbons (Fsp3) is 0.438. The van der Waals surface area contributed by atoms with Gasteiger partial charge in [-0.1, -0.05) is 0 Å². The first-order chi connectivity index (χ1) is 11.3. The summed E-state index contributed by atoms with van der Waals surface area (Å²) in [7, 11) is 8.35. The lowest BCUT2D eigenvalue weighted by Gasteiger charge is -2.43. The first-order valence-corrected chi connectivity index (χ1v) is 8.39. The summed E-state index contributed by atoms with van der Waals surface area (Å²) in [6.07, 6.45) is 5.86. The average molecular weight is 321 g/mol. The Balaban J connectivity index is 1.93. The van der Waals surface area contributed by atoms with Crippen LogP contribution in [0.2, 0.25) is 0 Å². The van der Waals surface area contributed by atoms with Crippen LogP contribution in [-0.4, -0.2) is 43.4 Å². The van der Waals surface area contributed by atoms with Crippen LogP contribution < -0.4 is 10.2 Å². The van der Waals surface area contributed by atoms with Gasteiger partial charge in [-0.25, -0.2) is 4.98 Å². The number of anilines is 2. The Bertz CT molecular complexity index is 856. The van der Waals surface area contributed by atoms with E-state index in [9.17, 15) is 4.79 Å². The van der Waals surface area contributed by atoms with E-state index in [1.807, 2.05) is 24.9 Å². The summed E-state index contributed by atoms with van der Waals surface area (Å²) in [5, 5.41) is 7.51. The number of hydrogen-bond acceptors (Lipinski definition) is 4. The molecule has 0 unspecified atom stereocenters. The molecule has 24 heavy (non-hydrogen) atoms. The van der Waals surface area contributed by atoms with Gasteiger partial charge in [-0.15, -0.1) is 0 Å². The maximum atomic E-state index is 12.3. The van der Waals surface area contributed by atoms with Crippen LogP contribution in [0.3, 0.4) is 0 Å². The number of nitrogens with zero attached hydrogens (tertiary/aromatic N) is 4. The molecule has 4 rings (SSSR count). The van der Waals surface area contributed by atoms with Gasteiger partial charge < -0.3 is 10.2 Å². The molecule has 122 valence electrons. The van der Waals surface area contributed by atoms with Crippen molar-refractivity contribution < 1.29 is 4.79 Å². The number of aryl methyl sites for hydroxylation is 2. The predicted molar refractivity (Wildman–Crippen MR) is 99.7 cm³/mol. The number of hydrogen-bond donors (Lipinski definition) is 1. The van der Waals surface area contributed by atoms with Crippen molar-refractivity contribution in [3.8, 4) is 11.3 Å². The molecule has 1 aliphatic carbocycles. The van der Waals surface area contributed by atoms with Gasteiger partial charge in [0.25, 0.3) is 0 Å². The highest BCUT2D eigenvalue weighted by Crippen LogP contribution is 2.48. The Labute approximate surface area is 143 Å². The number of carbonyl (C=O) groups is 1. The molecule has 3 heterocycles. The van der Waals surface area contributed by atoms with E-state index in [2.05, 4.69) is 44.1 Å². The van der Waals surface area contributed by atoms with Gasteiger partial charge in [-0.05, 0) is 25.3 Å². The second-order valence-corrected chi connectivity index (χ2v) is 7.46. The number of fused-ring (bicyclic) bond motifs is 3. The van der Waals surface area contributed by atoms with Crippen LogP contribution in [0.15, 0.2) is 12.4 Å². The Hall–Kier alpha value is -2.24. The second-order valence-electron chi connectivity index (χ2n) is 7.46. The third-order valence-electron chi connectivity index (χ3n) is 5.33. The third-order valence-corrected chi connectivity index (χ3v) is 5.33. The van der Waals surface area contributed by atoms with Crippen LogP contribution >= 0.6 is 0 Å². The number of pyridine rings is 1. The van der Waals surface area contributed by atoms with Crippen molar-refractivity contribution in [2.45, 2.75) is 25.1 Å². The fourth-order valence-electron chi connectivity index (χ4n) is 3.45. The highest BCUT2D eigenvalue weighted by atomic mass is 16.2. The molecule has 0 bridgehead atoms. The molecule has 1 fully saturated rings. The van der Waals surface area contributed by atoms with E-state index in [4.69, 9.17) is 5.10 Å². The van der Waals surface area contributed by atoms with Gasteiger partial charge in [0, 0.05) is 48.9 Å². The molecule has 1 saturated carbocycles. The van der Waals surface area contributed by atoms with Crippen molar-refractivity contribution in [2.24, 2.45) is 13.0 Å². The lowest BCUT2D eigenvalue weighted by atomic mass is 9.55. The maximum absolute atomic E-state index is 12.3. The van der Waals surface area contributed by atoms with E-state index in [1.54, 1.807) is 0 Å². The first kappa shape index (κ1) is 15.3. The SMILES string of the molecule is BC1(B)c2cn(C)nc2-c2c(C)cnc(NC(=O)C3CC3)c2N1C. The quantitative estimate of drug-likeness (QED) is 0.789. The molecule has 2 aromatic rings. The lowest BCUT2D eigenvalue weighted by molar-refractivity contribution is -0.117. The zero-order chi connectivity index (χ0) is 17.2. The van der Waals surface area contributed by atoms with Gasteiger partial charge >= 0.3 is 0 Å². The van der Waals surface area contributed by atoms with Crippen molar-refractivity contribution in [2.75, 3.05) is 17.3 Å². The van der Waals surface area contributed by atoms with Crippen LogP contribution in [-0.2, 0) is 17.2 Å². The van der Waals surface area contributed by atoms with E-state index in [1.165, 1.54) is 5.56 Å². The minimum Gasteiger partial charge on any atom is -0.377 e. The monoisotopic (exact) mass is 321 g/mol. The van der Waals surface area contributed by atoms with Crippen LogP contribution in [0.5, 0.6) is 0 Å². The Morgan fingerprint density at radius 2 is 2.08 bits per heavy atom. The number of carbonyl (C=O) groups excluding carboxylic acids is 1. The standard InChI is InChI=1S/C16H21B2N5O/c1-8-6-19-14(20-15(24)9-4-5-9)13-11(8)12-10(7-22(2)21-12)16(17,18)23(13)3/h6-7,9H,4-5,17-18H2,1-3H3,(H,19,20,24). The number of rotatable bonds is 2. The van der Waals surface area contributed by atoms with E-state index in [0.717, 1.165) is 35.3 Å². The molecule has 1 aliphatic heterocycles. The molecule has 0 aromatic carbocycles. The molecule has 0 spiro atoms. The third kappa shape index (κ3) is 2.08. The maximum Gasteiger partial charge on any atom is 0.228 e. The number of aromatic nitrogens is 3.